The predicted octanol–water partition coefficient (Wildman–Crippen LogP) is 5.84. The summed E-state index contributed by atoms with van der Waals surface area (Å²) in [6.07, 6.45) is 0.944. The van der Waals surface area contributed by atoms with E-state index in [1.54, 1.807) is 0 Å². The molecule has 0 fully saturated rings. The molecule has 38 heavy (non-hydrogen) atoms. The highest BCUT2D eigenvalue weighted by Crippen LogP contribution is 2.23. The first kappa shape index (κ1) is 26.7. The molecule has 7 heteroatoms. The number of aryl methyl sites for hydroxylation is 4. The standard InChI is InChI=1S/C31H32N2O5/c1-20-15-21(2)17-25(16-20)30(36)32-19-26-18-27(11-9-23(26)10-12-29(34)35)37-14-13-28-22(3)38-31(33-28)24-7-5-4-6-8-24/h4-9,11,15-18H,10,12-14,19H2,1-3H3,(H,32,36)(H,34,35). The van der Waals surface area contributed by atoms with Crippen LogP contribution in [-0.2, 0) is 24.2 Å². The van der Waals surface area contributed by atoms with Gasteiger partial charge in [0.05, 0.1) is 12.3 Å². The second kappa shape index (κ2) is 12.2. The number of amides is 1. The van der Waals surface area contributed by atoms with Crippen molar-refractivity contribution >= 4 is 11.9 Å². The first-order chi connectivity index (χ1) is 18.3. The van der Waals surface area contributed by atoms with Crippen LogP contribution in [0.5, 0.6) is 5.75 Å². The van der Waals surface area contributed by atoms with Crippen LogP contribution in [0, 0.1) is 20.8 Å². The lowest BCUT2D eigenvalue weighted by atomic mass is 10.0. The molecule has 0 spiro atoms. The molecule has 0 atom stereocenters. The molecule has 0 aliphatic heterocycles. The summed E-state index contributed by atoms with van der Waals surface area (Å²) in [4.78, 5) is 28.6. The molecular formula is C31H32N2O5. The Kier molecular flexibility index (Phi) is 8.58. The van der Waals surface area contributed by atoms with Crippen molar-refractivity contribution in [3.63, 3.8) is 0 Å². The number of nitrogens with zero attached hydrogens (tertiary/aromatic N) is 1. The maximum absolute atomic E-state index is 12.8. The highest BCUT2D eigenvalue weighted by molar-refractivity contribution is 5.94. The van der Waals surface area contributed by atoms with Gasteiger partial charge >= 0.3 is 5.97 Å². The molecule has 0 saturated carbocycles. The smallest absolute Gasteiger partial charge is 0.303 e. The van der Waals surface area contributed by atoms with E-state index in [4.69, 9.17) is 14.3 Å². The first-order valence-corrected chi connectivity index (χ1v) is 12.6. The van der Waals surface area contributed by atoms with Crippen molar-refractivity contribution in [1.29, 1.82) is 0 Å². The number of carbonyl (C=O) groups is 2. The van der Waals surface area contributed by atoms with Gasteiger partial charge in [-0.05, 0) is 74.7 Å². The average Bonchev–Trinajstić information content (AvgIpc) is 3.26. The number of ether oxygens (including phenoxy) is 1. The van der Waals surface area contributed by atoms with E-state index in [0.717, 1.165) is 39.3 Å². The van der Waals surface area contributed by atoms with Crippen LogP contribution >= 0.6 is 0 Å². The Bertz CT molecular complexity index is 1410. The van der Waals surface area contributed by atoms with E-state index in [-0.39, 0.29) is 18.9 Å². The van der Waals surface area contributed by atoms with Gasteiger partial charge in [0, 0.05) is 30.5 Å². The summed E-state index contributed by atoms with van der Waals surface area (Å²) < 4.78 is 11.8. The third-order valence-corrected chi connectivity index (χ3v) is 6.23. The SMILES string of the molecule is Cc1cc(C)cc(C(=O)NCc2cc(OCCc3nc(-c4ccccc4)oc3C)ccc2CCC(=O)O)c1. The van der Waals surface area contributed by atoms with Gasteiger partial charge in [-0.15, -0.1) is 0 Å². The molecule has 4 rings (SSSR count). The fourth-order valence-electron chi connectivity index (χ4n) is 4.36. The molecule has 0 radical (unpaired) electrons. The average molecular weight is 513 g/mol. The van der Waals surface area contributed by atoms with Crippen molar-refractivity contribution in [3.05, 3.63) is 106 Å². The summed E-state index contributed by atoms with van der Waals surface area (Å²) in [7, 11) is 0. The molecule has 1 amide bonds. The minimum absolute atomic E-state index is 0.00735. The van der Waals surface area contributed by atoms with Crippen LogP contribution in [0.2, 0.25) is 0 Å². The van der Waals surface area contributed by atoms with Crippen molar-refractivity contribution in [1.82, 2.24) is 10.3 Å². The van der Waals surface area contributed by atoms with Crippen LogP contribution in [0.25, 0.3) is 11.5 Å². The molecule has 0 aliphatic carbocycles. The minimum atomic E-state index is -0.867. The molecular weight excluding hydrogens is 480 g/mol. The van der Waals surface area contributed by atoms with Gasteiger partial charge in [0.1, 0.15) is 11.5 Å². The molecule has 3 aromatic carbocycles. The van der Waals surface area contributed by atoms with Crippen molar-refractivity contribution in [2.24, 2.45) is 0 Å². The zero-order chi connectivity index (χ0) is 27.1. The number of aromatic nitrogens is 1. The molecule has 2 N–H and O–H groups in total. The summed E-state index contributed by atoms with van der Waals surface area (Å²) in [6.45, 7) is 6.46. The Morgan fingerprint density at radius 1 is 0.921 bits per heavy atom. The Hall–Kier alpha value is -4.39. The largest absolute Gasteiger partial charge is 0.493 e. The van der Waals surface area contributed by atoms with Gasteiger partial charge in [0.15, 0.2) is 0 Å². The number of rotatable bonds is 11. The third kappa shape index (κ3) is 7.09. The van der Waals surface area contributed by atoms with E-state index >= 15 is 0 Å². The van der Waals surface area contributed by atoms with Gasteiger partial charge in [0.2, 0.25) is 5.89 Å². The van der Waals surface area contributed by atoms with E-state index in [9.17, 15) is 9.59 Å². The fourth-order valence-corrected chi connectivity index (χ4v) is 4.36. The molecule has 0 unspecified atom stereocenters. The van der Waals surface area contributed by atoms with Crippen LogP contribution in [0.15, 0.2) is 71.1 Å². The number of nitrogens with one attached hydrogen (secondary N) is 1. The van der Waals surface area contributed by atoms with Crippen molar-refractivity contribution in [3.8, 4) is 17.2 Å². The van der Waals surface area contributed by atoms with E-state index in [2.05, 4.69) is 10.3 Å². The Labute approximate surface area is 222 Å². The molecule has 0 bridgehead atoms. The molecule has 4 aromatic rings. The highest BCUT2D eigenvalue weighted by atomic mass is 16.5. The van der Waals surface area contributed by atoms with Gasteiger partial charge in [-0.3, -0.25) is 9.59 Å². The number of oxazole rings is 1. The number of carboxylic acids is 1. The number of hydrogen-bond donors (Lipinski definition) is 2. The molecule has 0 saturated heterocycles. The first-order valence-electron chi connectivity index (χ1n) is 12.6. The van der Waals surface area contributed by atoms with Crippen LogP contribution in [-0.4, -0.2) is 28.6 Å². The van der Waals surface area contributed by atoms with Gasteiger partial charge in [-0.2, -0.15) is 0 Å². The third-order valence-electron chi connectivity index (χ3n) is 6.23. The summed E-state index contributed by atoms with van der Waals surface area (Å²) >= 11 is 0. The number of aliphatic carboxylic acids is 1. The summed E-state index contributed by atoms with van der Waals surface area (Å²) in [5, 5.41) is 12.1. The summed E-state index contributed by atoms with van der Waals surface area (Å²) in [5.74, 6) is 0.939. The minimum Gasteiger partial charge on any atom is -0.493 e. The highest BCUT2D eigenvalue weighted by Gasteiger charge is 2.13. The number of hydrogen-bond acceptors (Lipinski definition) is 5. The second-order valence-corrected chi connectivity index (χ2v) is 9.37. The fraction of sp³-hybridized carbons (Fsp3) is 0.258. The molecule has 7 nitrogen and oxygen atoms in total. The normalized spacial score (nSPS) is 10.8. The molecule has 0 aliphatic rings. The van der Waals surface area contributed by atoms with Gasteiger partial charge in [-0.25, -0.2) is 4.98 Å². The second-order valence-electron chi connectivity index (χ2n) is 9.37. The van der Waals surface area contributed by atoms with E-state index in [1.165, 1.54) is 0 Å². The lowest BCUT2D eigenvalue weighted by Crippen LogP contribution is -2.23. The van der Waals surface area contributed by atoms with E-state index in [1.807, 2.05) is 87.5 Å². The lowest BCUT2D eigenvalue weighted by molar-refractivity contribution is -0.136. The van der Waals surface area contributed by atoms with Crippen LogP contribution in [0.3, 0.4) is 0 Å². The Morgan fingerprint density at radius 3 is 2.37 bits per heavy atom. The molecule has 1 heterocycles. The van der Waals surface area contributed by atoms with Crippen LogP contribution < -0.4 is 10.1 Å². The Morgan fingerprint density at radius 2 is 1.66 bits per heavy atom. The molecule has 1 aromatic heterocycles. The van der Waals surface area contributed by atoms with Gasteiger partial charge < -0.3 is 19.6 Å². The van der Waals surface area contributed by atoms with E-state index in [0.29, 0.717) is 36.7 Å². The summed E-state index contributed by atoms with van der Waals surface area (Å²) in [6, 6.07) is 21.0. The number of benzene rings is 3. The van der Waals surface area contributed by atoms with Crippen molar-refractivity contribution < 1.29 is 23.8 Å². The predicted molar refractivity (Wildman–Crippen MR) is 145 cm³/mol. The number of carbonyl (C=O) groups excluding carboxylic acids is 1. The summed E-state index contributed by atoms with van der Waals surface area (Å²) in [5.41, 5.74) is 6.08. The topological polar surface area (TPSA) is 102 Å². The van der Waals surface area contributed by atoms with Gasteiger partial charge in [0.25, 0.3) is 5.91 Å². The zero-order valence-corrected chi connectivity index (χ0v) is 21.9. The monoisotopic (exact) mass is 512 g/mol. The number of carboxylic acid groups (broad SMARTS) is 1. The van der Waals surface area contributed by atoms with Crippen molar-refractivity contribution in [2.45, 2.75) is 46.6 Å². The van der Waals surface area contributed by atoms with Crippen molar-refractivity contribution in [2.75, 3.05) is 6.61 Å². The molecule has 196 valence electrons. The van der Waals surface area contributed by atoms with Gasteiger partial charge in [-0.1, -0.05) is 41.5 Å². The quantitative estimate of drug-likeness (QED) is 0.262. The zero-order valence-electron chi connectivity index (χ0n) is 21.9. The van der Waals surface area contributed by atoms with E-state index < -0.39 is 5.97 Å². The van der Waals surface area contributed by atoms with Crippen LogP contribution in [0.1, 0.15) is 50.5 Å². The maximum atomic E-state index is 12.8. The van der Waals surface area contributed by atoms with Crippen LogP contribution in [0.4, 0.5) is 0 Å². The lowest BCUT2D eigenvalue weighted by Gasteiger charge is -2.14. The Balaban J connectivity index is 1.43. The maximum Gasteiger partial charge on any atom is 0.303 e.